The number of benzene rings is 2. The number of amides is 3. The fourth-order valence-electron chi connectivity index (χ4n) is 3.90. The summed E-state index contributed by atoms with van der Waals surface area (Å²) in [4.78, 5) is 50.7. The molecule has 9 heteroatoms. The summed E-state index contributed by atoms with van der Waals surface area (Å²) < 4.78 is 6.67. The van der Waals surface area contributed by atoms with Crippen molar-refractivity contribution in [3.05, 3.63) is 76.8 Å². The molecule has 3 amide bonds. The lowest BCUT2D eigenvalue weighted by atomic mass is 10.1. The van der Waals surface area contributed by atoms with Gasteiger partial charge in [-0.25, -0.2) is 0 Å². The van der Waals surface area contributed by atoms with Crippen LogP contribution in [0.25, 0.3) is 17.0 Å². The standard InChI is InChI=1S/C26H25N3O5S/c1-3-34-24(31)16-29-25(32)22(35-26(29)33)13-19-14-28(21-12-8-7-11-20(19)21)15-23(30)27-17(2)18-9-5-4-6-10-18/h4-14,17H,3,15-16H2,1-2H3,(H,27,30)/b22-13-. The smallest absolute Gasteiger partial charge is 0.326 e. The van der Waals surface area contributed by atoms with Crippen LogP contribution in [0.4, 0.5) is 4.79 Å². The SMILES string of the molecule is CCOC(=O)CN1C(=O)S/C(=C\c2cn(CC(=O)NC(C)c3ccccc3)c3ccccc23)C1=O. The lowest BCUT2D eigenvalue weighted by Gasteiger charge is -2.15. The van der Waals surface area contributed by atoms with E-state index >= 15 is 0 Å². The normalized spacial score (nSPS) is 15.6. The molecule has 1 saturated heterocycles. The Hall–Kier alpha value is -3.85. The third-order valence-corrected chi connectivity index (χ3v) is 6.47. The first-order valence-electron chi connectivity index (χ1n) is 11.2. The molecule has 35 heavy (non-hydrogen) atoms. The van der Waals surface area contributed by atoms with Crippen LogP contribution in [-0.4, -0.2) is 45.6 Å². The molecule has 8 nitrogen and oxygen atoms in total. The van der Waals surface area contributed by atoms with E-state index in [-0.39, 0.29) is 30.0 Å². The van der Waals surface area contributed by atoms with Gasteiger partial charge in [-0.2, -0.15) is 0 Å². The molecule has 0 bridgehead atoms. The Balaban J connectivity index is 1.55. The van der Waals surface area contributed by atoms with Gasteiger partial charge in [-0.3, -0.25) is 24.1 Å². The summed E-state index contributed by atoms with van der Waals surface area (Å²) in [6, 6.07) is 17.1. The zero-order valence-corrected chi connectivity index (χ0v) is 20.2. The molecule has 0 radical (unpaired) electrons. The number of carbonyl (C=O) groups excluding carboxylic acids is 4. The van der Waals surface area contributed by atoms with Gasteiger partial charge in [0.25, 0.3) is 11.1 Å². The minimum Gasteiger partial charge on any atom is -0.465 e. The second-order valence-corrected chi connectivity index (χ2v) is 9.00. The number of thioether (sulfide) groups is 1. The number of esters is 1. The Bertz CT molecular complexity index is 1320. The van der Waals surface area contributed by atoms with E-state index in [1.807, 2.05) is 66.1 Å². The van der Waals surface area contributed by atoms with E-state index in [1.54, 1.807) is 19.2 Å². The monoisotopic (exact) mass is 491 g/mol. The average molecular weight is 492 g/mol. The Morgan fingerprint density at radius 2 is 1.77 bits per heavy atom. The molecule has 2 heterocycles. The molecule has 4 rings (SSSR count). The second-order valence-electron chi connectivity index (χ2n) is 8.00. The number of nitrogens with one attached hydrogen (secondary N) is 1. The van der Waals surface area contributed by atoms with Crippen LogP contribution in [0.2, 0.25) is 0 Å². The number of nitrogens with zero attached hydrogens (tertiary/aromatic N) is 2. The first-order valence-corrected chi connectivity index (χ1v) is 12.0. The van der Waals surface area contributed by atoms with Gasteiger partial charge in [0.2, 0.25) is 5.91 Å². The van der Waals surface area contributed by atoms with E-state index < -0.39 is 23.7 Å². The lowest BCUT2D eigenvalue weighted by Crippen LogP contribution is -2.34. The van der Waals surface area contributed by atoms with Gasteiger partial charge in [0.1, 0.15) is 13.1 Å². The van der Waals surface area contributed by atoms with E-state index in [9.17, 15) is 19.2 Å². The number of carbonyl (C=O) groups is 4. The number of ether oxygens (including phenoxy) is 1. The first-order chi connectivity index (χ1) is 16.9. The predicted octanol–water partition coefficient (Wildman–Crippen LogP) is 4.12. The summed E-state index contributed by atoms with van der Waals surface area (Å²) in [5.41, 5.74) is 2.54. The highest BCUT2D eigenvalue weighted by molar-refractivity contribution is 8.18. The number of hydrogen-bond donors (Lipinski definition) is 1. The number of fused-ring (bicyclic) bond motifs is 1. The van der Waals surface area contributed by atoms with Gasteiger partial charge in [-0.1, -0.05) is 48.5 Å². The van der Waals surface area contributed by atoms with Crippen molar-refractivity contribution < 1.29 is 23.9 Å². The predicted molar refractivity (Wildman–Crippen MR) is 134 cm³/mol. The molecule has 1 aliphatic rings. The molecule has 1 unspecified atom stereocenters. The van der Waals surface area contributed by atoms with Crippen molar-refractivity contribution in [1.29, 1.82) is 0 Å². The van der Waals surface area contributed by atoms with Gasteiger partial charge in [-0.05, 0) is 43.3 Å². The van der Waals surface area contributed by atoms with Crippen molar-refractivity contribution in [1.82, 2.24) is 14.8 Å². The summed E-state index contributed by atoms with van der Waals surface area (Å²) in [7, 11) is 0. The highest BCUT2D eigenvalue weighted by Gasteiger charge is 2.36. The van der Waals surface area contributed by atoms with E-state index in [0.29, 0.717) is 5.56 Å². The van der Waals surface area contributed by atoms with Gasteiger partial charge in [0.15, 0.2) is 0 Å². The molecule has 1 aliphatic heterocycles. The molecule has 1 fully saturated rings. The maximum Gasteiger partial charge on any atom is 0.326 e. The Kier molecular flexibility index (Phi) is 7.36. The maximum atomic E-state index is 12.8. The highest BCUT2D eigenvalue weighted by atomic mass is 32.2. The molecule has 0 aliphatic carbocycles. The minimum absolute atomic E-state index is 0.0931. The van der Waals surface area contributed by atoms with Crippen LogP contribution in [0, 0.1) is 0 Å². The second kappa shape index (κ2) is 10.6. The zero-order valence-electron chi connectivity index (χ0n) is 19.4. The molecular weight excluding hydrogens is 466 g/mol. The minimum atomic E-state index is -0.636. The number of imide groups is 1. The molecular formula is C26H25N3O5S. The summed E-state index contributed by atoms with van der Waals surface area (Å²) in [5.74, 6) is -1.33. The summed E-state index contributed by atoms with van der Waals surface area (Å²) >= 11 is 0.777. The summed E-state index contributed by atoms with van der Waals surface area (Å²) in [6.07, 6.45) is 3.41. The topological polar surface area (TPSA) is 97.7 Å². The molecule has 0 saturated carbocycles. The molecule has 1 aromatic heterocycles. The third kappa shape index (κ3) is 5.46. The van der Waals surface area contributed by atoms with Crippen molar-refractivity contribution in [2.75, 3.05) is 13.2 Å². The van der Waals surface area contributed by atoms with E-state index in [2.05, 4.69) is 5.32 Å². The van der Waals surface area contributed by atoms with Crippen molar-refractivity contribution in [2.45, 2.75) is 26.4 Å². The molecule has 180 valence electrons. The number of rotatable bonds is 8. The van der Waals surface area contributed by atoms with Crippen molar-refractivity contribution in [2.24, 2.45) is 0 Å². The van der Waals surface area contributed by atoms with Crippen LogP contribution in [0.15, 0.2) is 65.7 Å². The Labute approximate surface area is 206 Å². The molecule has 3 aromatic rings. The highest BCUT2D eigenvalue weighted by Crippen LogP contribution is 2.34. The van der Waals surface area contributed by atoms with Gasteiger partial charge in [0, 0.05) is 22.7 Å². The van der Waals surface area contributed by atoms with Crippen LogP contribution < -0.4 is 5.32 Å². The lowest BCUT2D eigenvalue weighted by molar-refractivity contribution is -0.146. The quantitative estimate of drug-likeness (QED) is 0.376. The summed E-state index contributed by atoms with van der Waals surface area (Å²) in [5, 5.41) is 3.33. The van der Waals surface area contributed by atoms with Crippen molar-refractivity contribution >= 4 is 51.8 Å². The maximum absolute atomic E-state index is 12.8. The van der Waals surface area contributed by atoms with Crippen LogP contribution in [0.3, 0.4) is 0 Å². The number of aromatic nitrogens is 1. The molecule has 1 N–H and O–H groups in total. The van der Waals surface area contributed by atoms with Crippen LogP contribution in [0.5, 0.6) is 0 Å². The van der Waals surface area contributed by atoms with Gasteiger partial charge in [-0.15, -0.1) is 0 Å². The van der Waals surface area contributed by atoms with Crippen LogP contribution in [-0.2, 0) is 25.7 Å². The Morgan fingerprint density at radius 1 is 1.06 bits per heavy atom. The van der Waals surface area contributed by atoms with Crippen molar-refractivity contribution in [3.8, 4) is 0 Å². The molecule has 0 spiro atoms. The van der Waals surface area contributed by atoms with E-state index in [4.69, 9.17) is 4.74 Å². The number of para-hydroxylation sites is 1. The largest absolute Gasteiger partial charge is 0.465 e. The van der Waals surface area contributed by atoms with Crippen LogP contribution in [0.1, 0.15) is 31.0 Å². The van der Waals surface area contributed by atoms with E-state index in [1.165, 1.54) is 0 Å². The van der Waals surface area contributed by atoms with Crippen molar-refractivity contribution in [3.63, 3.8) is 0 Å². The molecule has 1 atom stereocenters. The van der Waals surface area contributed by atoms with Crippen LogP contribution >= 0.6 is 11.8 Å². The average Bonchev–Trinajstić information content (AvgIpc) is 3.31. The fourth-order valence-corrected chi connectivity index (χ4v) is 4.73. The Morgan fingerprint density at radius 3 is 2.51 bits per heavy atom. The van der Waals surface area contributed by atoms with Gasteiger partial charge >= 0.3 is 5.97 Å². The third-order valence-electron chi connectivity index (χ3n) is 5.56. The first kappa shape index (κ1) is 24.3. The molecule has 2 aromatic carbocycles. The van der Waals surface area contributed by atoms with E-state index in [0.717, 1.165) is 33.1 Å². The number of hydrogen-bond acceptors (Lipinski definition) is 6. The van der Waals surface area contributed by atoms with Gasteiger partial charge < -0.3 is 14.6 Å². The zero-order chi connectivity index (χ0) is 24.9. The summed E-state index contributed by atoms with van der Waals surface area (Å²) in [6.45, 7) is 3.43. The fraction of sp³-hybridized carbons (Fsp3) is 0.231. The van der Waals surface area contributed by atoms with Gasteiger partial charge in [0.05, 0.1) is 17.6 Å².